The van der Waals surface area contributed by atoms with Gasteiger partial charge < -0.3 is 5.73 Å². The Kier molecular flexibility index (Phi) is 2.42. The Morgan fingerprint density at radius 3 is 2.81 bits per heavy atom. The topological polar surface area (TPSA) is 98.3 Å². The monoisotopic (exact) mass is 217 g/mol. The summed E-state index contributed by atoms with van der Waals surface area (Å²) in [5, 5.41) is 16.9. The number of nitrogens with zero attached hydrogens (tertiary/aromatic N) is 6. The van der Waals surface area contributed by atoms with Crippen LogP contribution in [0.1, 0.15) is 17.1 Å². The molecular formula is C9H11N7. The minimum absolute atomic E-state index is 0.127. The van der Waals surface area contributed by atoms with Crippen LogP contribution in [0.15, 0.2) is 6.33 Å². The van der Waals surface area contributed by atoms with Crippen molar-refractivity contribution in [2.45, 2.75) is 13.5 Å². The summed E-state index contributed by atoms with van der Waals surface area (Å²) in [5.74, 6) is 0.871. The summed E-state index contributed by atoms with van der Waals surface area (Å²) < 4.78 is 3.19. The number of hydrogen-bond donors (Lipinski definition) is 1. The predicted molar refractivity (Wildman–Crippen MR) is 55.5 cm³/mol. The van der Waals surface area contributed by atoms with Gasteiger partial charge in [0.15, 0.2) is 5.82 Å². The molecular weight excluding hydrogens is 206 g/mol. The third kappa shape index (κ3) is 1.45. The molecule has 0 aliphatic rings. The molecule has 2 aromatic heterocycles. The Balaban J connectivity index is 2.59. The smallest absolute Gasteiger partial charge is 0.252 e. The second-order valence-electron chi connectivity index (χ2n) is 3.34. The number of aromatic nitrogens is 5. The fourth-order valence-electron chi connectivity index (χ4n) is 1.63. The molecule has 2 rings (SSSR count). The highest BCUT2D eigenvalue weighted by Crippen LogP contribution is 2.15. The molecule has 0 fully saturated rings. The van der Waals surface area contributed by atoms with Gasteiger partial charge in [-0.25, -0.2) is 9.67 Å². The van der Waals surface area contributed by atoms with E-state index in [0.29, 0.717) is 6.54 Å². The first-order chi connectivity index (χ1) is 7.67. The lowest BCUT2D eigenvalue weighted by Crippen LogP contribution is -2.08. The summed E-state index contributed by atoms with van der Waals surface area (Å²) in [5.41, 5.74) is 7.42. The van der Waals surface area contributed by atoms with E-state index in [2.05, 4.69) is 15.2 Å². The van der Waals surface area contributed by atoms with Crippen LogP contribution in [-0.2, 0) is 13.6 Å². The summed E-state index contributed by atoms with van der Waals surface area (Å²) in [4.78, 5) is 3.85. The third-order valence-corrected chi connectivity index (χ3v) is 2.33. The highest BCUT2D eigenvalue weighted by molar-refractivity contribution is 5.37. The first kappa shape index (κ1) is 10.3. The van der Waals surface area contributed by atoms with Gasteiger partial charge in [-0.3, -0.25) is 4.68 Å². The van der Waals surface area contributed by atoms with E-state index in [-0.39, 0.29) is 5.82 Å². The van der Waals surface area contributed by atoms with Crippen molar-refractivity contribution in [2.75, 3.05) is 0 Å². The molecule has 0 aliphatic carbocycles. The lowest BCUT2D eigenvalue weighted by molar-refractivity contribution is 0.689. The van der Waals surface area contributed by atoms with Gasteiger partial charge in [0.1, 0.15) is 12.4 Å². The lowest BCUT2D eigenvalue weighted by Gasteiger charge is -2.03. The van der Waals surface area contributed by atoms with Crippen LogP contribution < -0.4 is 5.73 Å². The van der Waals surface area contributed by atoms with E-state index in [1.165, 1.54) is 11.0 Å². The Labute approximate surface area is 92.1 Å². The summed E-state index contributed by atoms with van der Waals surface area (Å²) in [7, 11) is 1.80. The standard InChI is InChI=1S/C9H11N7/c1-6-7(3-10)9(15(2)13-6)16-5-12-8(4-11)14-16/h5H,3,10H2,1-2H3. The second-order valence-corrected chi connectivity index (χ2v) is 3.34. The van der Waals surface area contributed by atoms with Crippen LogP contribution in [0.5, 0.6) is 0 Å². The summed E-state index contributed by atoms with van der Waals surface area (Å²) in [6.07, 6.45) is 1.48. The van der Waals surface area contributed by atoms with Gasteiger partial charge >= 0.3 is 0 Å². The predicted octanol–water partition coefficient (Wildman–Crippen LogP) is -0.360. The fourth-order valence-corrected chi connectivity index (χ4v) is 1.63. The summed E-state index contributed by atoms with van der Waals surface area (Å²) in [6.45, 7) is 2.25. The van der Waals surface area contributed by atoms with Crippen molar-refractivity contribution in [3.8, 4) is 11.9 Å². The molecule has 2 heterocycles. The minimum atomic E-state index is 0.127. The number of nitriles is 1. The quantitative estimate of drug-likeness (QED) is 0.740. The van der Waals surface area contributed by atoms with Crippen molar-refractivity contribution >= 4 is 0 Å². The molecule has 7 nitrogen and oxygen atoms in total. The Bertz CT molecular complexity index is 557. The first-order valence-corrected chi connectivity index (χ1v) is 4.72. The molecule has 7 heteroatoms. The maximum Gasteiger partial charge on any atom is 0.252 e. The van der Waals surface area contributed by atoms with E-state index in [4.69, 9.17) is 11.0 Å². The SMILES string of the molecule is Cc1nn(C)c(-n2cnc(C#N)n2)c1CN. The average Bonchev–Trinajstić information content (AvgIpc) is 2.82. The van der Waals surface area contributed by atoms with Gasteiger partial charge in [-0.15, -0.1) is 5.10 Å². The van der Waals surface area contributed by atoms with Crippen LogP contribution in [0.25, 0.3) is 5.82 Å². The van der Waals surface area contributed by atoms with Crippen molar-refractivity contribution in [2.24, 2.45) is 12.8 Å². The zero-order valence-electron chi connectivity index (χ0n) is 9.05. The van der Waals surface area contributed by atoms with Gasteiger partial charge in [-0.1, -0.05) is 0 Å². The van der Waals surface area contributed by atoms with Gasteiger partial charge in [0.25, 0.3) is 5.82 Å². The number of rotatable bonds is 2. The zero-order valence-corrected chi connectivity index (χ0v) is 9.05. The molecule has 0 aromatic carbocycles. The van der Waals surface area contributed by atoms with E-state index >= 15 is 0 Å². The Hall–Kier alpha value is -2.20. The number of hydrogen-bond acceptors (Lipinski definition) is 5. The molecule has 0 atom stereocenters. The number of nitrogens with two attached hydrogens (primary N) is 1. The molecule has 0 radical (unpaired) electrons. The highest BCUT2D eigenvalue weighted by atomic mass is 15.4. The first-order valence-electron chi connectivity index (χ1n) is 4.72. The molecule has 0 amide bonds. The van der Waals surface area contributed by atoms with E-state index in [0.717, 1.165) is 17.1 Å². The molecule has 82 valence electrons. The normalized spacial score (nSPS) is 10.4. The maximum absolute atomic E-state index is 8.66. The van der Waals surface area contributed by atoms with Gasteiger partial charge in [0, 0.05) is 19.2 Å². The van der Waals surface area contributed by atoms with E-state index in [1.54, 1.807) is 11.7 Å². The molecule has 0 aliphatic heterocycles. The Morgan fingerprint density at radius 2 is 2.25 bits per heavy atom. The molecule has 16 heavy (non-hydrogen) atoms. The van der Waals surface area contributed by atoms with Crippen molar-refractivity contribution in [1.29, 1.82) is 5.26 Å². The highest BCUT2D eigenvalue weighted by Gasteiger charge is 2.14. The van der Waals surface area contributed by atoms with E-state index in [1.807, 2.05) is 13.0 Å². The van der Waals surface area contributed by atoms with Crippen molar-refractivity contribution in [3.05, 3.63) is 23.4 Å². The van der Waals surface area contributed by atoms with Gasteiger partial charge in [-0.2, -0.15) is 10.4 Å². The molecule has 2 aromatic rings. The minimum Gasteiger partial charge on any atom is -0.326 e. The van der Waals surface area contributed by atoms with Crippen molar-refractivity contribution in [1.82, 2.24) is 24.5 Å². The van der Waals surface area contributed by atoms with Crippen LogP contribution >= 0.6 is 0 Å². The molecule has 0 saturated heterocycles. The van der Waals surface area contributed by atoms with Crippen molar-refractivity contribution in [3.63, 3.8) is 0 Å². The lowest BCUT2D eigenvalue weighted by atomic mass is 10.2. The number of aryl methyl sites for hydroxylation is 2. The van der Waals surface area contributed by atoms with Crippen molar-refractivity contribution < 1.29 is 0 Å². The van der Waals surface area contributed by atoms with Crippen LogP contribution in [0.4, 0.5) is 0 Å². The van der Waals surface area contributed by atoms with Gasteiger partial charge in [0.05, 0.1) is 5.69 Å². The second kappa shape index (κ2) is 3.75. The summed E-state index contributed by atoms with van der Waals surface area (Å²) in [6, 6.07) is 1.88. The van der Waals surface area contributed by atoms with E-state index in [9.17, 15) is 0 Å². The van der Waals surface area contributed by atoms with Crippen LogP contribution in [0.2, 0.25) is 0 Å². The van der Waals surface area contributed by atoms with Gasteiger partial charge in [-0.05, 0) is 6.92 Å². The van der Waals surface area contributed by atoms with E-state index < -0.39 is 0 Å². The zero-order chi connectivity index (χ0) is 11.7. The van der Waals surface area contributed by atoms with Gasteiger partial charge in [0.2, 0.25) is 0 Å². The third-order valence-electron chi connectivity index (χ3n) is 2.33. The largest absolute Gasteiger partial charge is 0.326 e. The van der Waals surface area contributed by atoms with Crippen LogP contribution in [0.3, 0.4) is 0 Å². The molecule has 0 spiro atoms. The molecule has 0 saturated carbocycles. The van der Waals surface area contributed by atoms with Crippen LogP contribution in [0, 0.1) is 18.3 Å². The molecule has 0 bridgehead atoms. The Morgan fingerprint density at radius 1 is 1.50 bits per heavy atom. The fraction of sp³-hybridized carbons (Fsp3) is 0.333. The molecule has 0 unspecified atom stereocenters. The van der Waals surface area contributed by atoms with Crippen LogP contribution in [-0.4, -0.2) is 24.5 Å². The summed E-state index contributed by atoms with van der Waals surface area (Å²) >= 11 is 0. The average molecular weight is 217 g/mol. The maximum atomic E-state index is 8.66. The molecule has 2 N–H and O–H groups in total.